The number of rotatable bonds is 5. The number of H-pyrrole nitrogens is 1. The van der Waals surface area contributed by atoms with Gasteiger partial charge in [-0.25, -0.2) is 22.5 Å². The predicted molar refractivity (Wildman–Crippen MR) is 68.6 cm³/mol. The second kappa shape index (κ2) is 5.50. The van der Waals surface area contributed by atoms with Crippen LogP contribution in [0.1, 0.15) is 11.1 Å². The van der Waals surface area contributed by atoms with E-state index in [2.05, 4.69) is 14.7 Å². The fourth-order valence-electron chi connectivity index (χ4n) is 1.73. The molecule has 2 N–H and O–H groups in total. The number of halogens is 1. The van der Waals surface area contributed by atoms with Crippen molar-refractivity contribution in [2.75, 3.05) is 6.54 Å². The van der Waals surface area contributed by atoms with Gasteiger partial charge in [-0.3, -0.25) is 0 Å². The number of aromatic amines is 1. The normalized spacial score (nSPS) is 11.7. The van der Waals surface area contributed by atoms with Gasteiger partial charge < -0.3 is 4.98 Å². The van der Waals surface area contributed by atoms with Crippen LogP contribution in [-0.4, -0.2) is 24.9 Å². The average molecular weight is 283 g/mol. The summed E-state index contributed by atoms with van der Waals surface area (Å²) in [6, 6.07) is 4.46. The van der Waals surface area contributed by atoms with E-state index in [-0.39, 0.29) is 17.4 Å². The standard InChI is InChI=1S/C12H14FN3O2S/c1-9-6-11(13)3-2-10(9)4-5-16-19(17,18)12-7-14-8-15-12/h2-3,6-8,16H,4-5H2,1H3,(H,14,15). The lowest BCUT2D eigenvalue weighted by atomic mass is 10.1. The maximum atomic E-state index is 12.9. The lowest BCUT2D eigenvalue weighted by Crippen LogP contribution is -2.26. The number of hydrogen-bond acceptors (Lipinski definition) is 3. The van der Waals surface area contributed by atoms with Crippen LogP contribution in [0.3, 0.4) is 0 Å². The monoisotopic (exact) mass is 283 g/mol. The molecule has 2 aromatic rings. The van der Waals surface area contributed by atoms with Gasteiger partial charge in [0.15, 0.2) is 5.03 Å². The minimum Gasteiger partial charge on any atom is -0.335 e. The summed E-state index contributed by atoms with van der Waals surface area (Å²) in [6.45, 7) is 2.04. The van der Waals surface area contributed by atoms with E-state index in [0.29, 0.717) is 6.42 Å². The molecular formula is C12H14FN3O2S. The maximum Gasteiger partial charge on any atom is 0.257 e. The molecule has 1 aromatic carbocycles. The second-order valence-corrected chi connectivity index (χ2v) is 5.87. The summed E-state index contributed by atoms with van der Waals surface area (Å²) in [7, 11) is -3.55. The summed E-state index contributed by atoms with van der Waals surface area (Å²) in [4.78, 5) is 6.20. The molecule has 0 aliphatic rings. The number of aryl methyl sites for hydroxylation is 1. The molecule has 0 amide bonds. The first-order valence-corrected chi connectivity index (χ1v) is 7.20. The van der Waals surface area contributed by atoms with E-state index in [1.54, 1.807) is 13.0 Å². The third kappa shape index (κ3) is 3.39. The molecular weight excluding hydrogens is 269 g/mol. The third-order valence-electron chi connectivity index (χ3n) is 2.75. The summed E-state index contributed by atoms with van der Waals surface area (Å²) < 4.78 is 38.9. The van der Waals surface area contributed by atoms with Crippen molar-refractivity contribution in [3.8, 4) is 0 Å². The minimum atomic E-state index is -3.55. The van der Waals surface area contributed by atoms with Crippen molar-refractivity contribution in [1.82, 2.24) is 14.7 Å². The molecule has 1 heterocycles. The van der Waals surface area contributed by atoms with Crippen LogP contribution in [0.25, 0.3) is 0 Å². The second-order valence-electron chi connectivity index (χ2n) is 4.13. The first kappa shape index (κ1) is 13.7. The lowest BCUT2D eigenvalue weighted by Gasteiger charge is -2.07. The third-order valence-corrected chi connectivity index (χ3v) is 4.14. The highest BCUT2D eigenvalue weighted by Gasteiger charge is 2.14. The van der Waals surface area contributed by atoms with Crippen LogP contribution in [0.2, 0.25) is 0 Å². The summed E-state index contributed by atoms with van der Waals surface area (Å²) in [5.41, 5.74) is 1.72. The number of nitrogens with zero attached hydrogens (tertiary/aromatic N) is 1. The molecule has 2 rings (SSSR count). The van der Waals surface area contributed by atoms with E-state index < -0.39 is 10.0 Å². The fourth-order valence-corrected chi connectivity index (χ4v) is 2.66. The van der Waals surface area contributed by atoms with Crippen LogP contribution in [0.4, 0.5) is 4.39 Å². The molecule has 0 spiro atoms. The molecule has 5 nitrogen and oxygen atoms in total. The zero-order valence-corrected chi connectivity index (χ0v) is 11.2. The zero-order chi connectivity index (χ0) is 13.9. The van der Waals surface area contributed by atoms with Gasteiger partial charge >= 0.3 is 0 Å². The molecule has 0 atom stereocenters. The summed E-state index contributed by atoms with van der Waals surface area (Å²) in [6.07, 6.45) is 3.05. The van der Waals surface area contributed by atoms with Crippen molar-refractivity contribution in [3.05, 3.63) is 47.7 Å². The van der Waals surface area contributed by atoms with E-state index in [4.69, 9.17) is 0 Å². The molecule has 0 saturated heterocycles. The fraction of sp³-hybridized carbons (Fsp3) is 0.250. The largest absolute Gasteiger partial charge is 0.335 e. The van der Waals surface area contributed by atoms with Crippen molar-refractivity contribution < 1.29 is 12.8 Å². The van der Waals surface area contributed by atoms with Crippen LogP contribution in [0, 0.1) is 12.7 Å². The van der Waals surface area contributed by atoms with E-state index in [1.165, 1.54) is 24.7 Å². The van der Waals surface area contributed by atoms with E-state index in [1.807, 2.05) is 0 Å². The lowest BCUT2D eigenvalue weighted by molar-refractivity contribution is 0.578. The molecule has 0 unspecified atom stereocenters. The van der Waals surface area contributed by atoms with Crippen molar-refractivity contribution in [2.24, 2.45) is 0 Å². The molecule has 0 saturated carbocycles. The van der Waals surface area contributed by atoms with Crippen molar-refractivity contribution in [2.45, 2.75) is 18.4 Å². The van der Waals surface area contributed by atoms with Gasteiger partial charge in [0.25, 0.3) is 10.0 Å². The van der Waals surface area contributed by atoms with Gasteiger partial charge in [-0.2, -0.15) is 0 Å². The summed E-state index contributed by atoms with van der Waals surface area (Å²) in [5, 5.41) is 0.0309. The first-order chi connectivity index (χ1) is 8.99. The Kier molecular flexibility index (Phi) is 3.96. The highest BCUT2D eigenvalue weighted by Crippen LogP contribution is 2.10. The summed E-state index contributed by atoms with van der Waals surface area (Å²) >= 11 is 0. The molecule has 19 heavy (non-hydrogen) atoms. The Bertz CT molecular complexity index is 654. The average Bonchev–Trinajstić information content (AvgIpc) is 2.86. The molecule has 0 fully saturated rings. The van der Waals surface area contributed by atoms with Gasteiger partial charge in [0.1, 0.15) is 5.82 Å². The molecule has 102 valence electrons. The predicted octanol–water partition coefficient (Wildman–Crippen LogP) is 1.38. The van der Waals surface area contributed by atoms with Gasteiger partial charge in [-0.1, -0.05) is 6.07 Å². The van der Waals surface area contributed by atoms with Crippen molar-refractivity contribution >= 4 is 10.0 Å². The first-order valence-electron chi connectivity index (χ1n) is 5.72. The van der Waals surface area contributed by atoms with E-state index >= 15 is 0 Å². The summed E-state index contributed by atoms with van der Waals surface area (Å²) in [5.74, 6) is -0.292. The molecule has 7 heteroatoms. The van der Waals surface area contributed by atoms with Gasteiger partial charge in [-0.15, -0.1) is 0 Å². The number of nitrogens with one attached hydrogen (secondary N) is 2. The van der Waals surface area contributed by atoms with Crippen LogP contribution in [0.5, 0.6) is 0 Å². The molecule has 1 aromatic heterocycles. The van der Waals surface area contributed by atoms with E-state index in [0.717, 1.165) is 11.1 Å². The SMILES string of the molecule is Cc1cc(F)ccc1CCNS(=O)(=O)c1cnc[nH]1. The highest BCUT2D eigenvalue weighted by atomic mass is 32.2. The molecule has 0 radical (unpaired) electrons. The smallest absolute Gasteiger partial charge is 0.257 e. The number of hydrogen-bond donors (Lipinski definition) is 2. The van der Waals surface area contributed by atoms with Gasteiger partial charge in [0, 0.05) is 6.54 Å². The number of imidazole rings is 1. The Labute approximate surface area is 110 Å². The highest BCUT2D eigenvalue weighted by molar-refractivity contribution is 7.89. The Morgan fingerprint density at radius 1 is 1.42 bits per heavy atom. The quantitative estimate of drug-likeness (QED) is 0.870. The van der Waals surface area contributed by atoms with Crippen LogP contribution in [0.15, 0.2) is 35.7 Å². The molecule has 0 bridgehead atoms. The van der Waals surface area contributed by atoms with Gasteiger partial charge in [0.2, 0.25) is 0 Å². The molecule has 0 aliphatic heterocycles. The Morgan fingerprint density at radius 3 is 2.84 bits per heavy atom. The number of sulfonamides is 1. The number of benzene rings is 1. The van der Waals surface area contributed by atoms with Gasteiger partial charge in [0.05, 0.1) is 12.5 Å². The van der Waals surface area contributed by atoms with Crippen LogP contribution < -0.4 is 4.72 Å². The van der Waals surface area contributed by atoms with Gasteiger partial charge in [-0.05, 0) is 36.6 Å². The van der Waals surface area contributed by atoms with Crippen LogP contribution >= 0.6 is 0 Å². The maximum absolute atomic E-state index is 12.9. The Balaban J connectivity index is 1.97. The zero-order valence-electron chi connectivity index (χ0n) is 10.4. The van der Waals surface area contributed by atoms with Crippen molar-refractivity contribution in [3.63, 3.8) is 0 Å². The Morgan fingerprint density at radius 2 is 2.21 bits per heavy atom. The minimum absolute atomic E-state index is 0.0309. The van der Waals surface area contributed by atoms with Crippen molar-refractivity contribution in [1.29, 1.82) is 0 Å². The van der Waals surface area contributed by atoms with Crippen LogP contribution in [-0.2, 0) is 16.4 Å². The van der Waals surface area contributed by atoms with E-state index in [9.17, 15) is 12.8 Å². The molecule has 0 aliphatic carbocycles. The topological polar surface area (TPSA) is 74.8 Å². The Hall–Kier alpha value is -1.73. The number of aromatic nitrogens is 2.